The van der Waals surface area contributed by atoms with Crippen molar-refractivity contribution in [2.45, 2.75) is 27.3 Å². The van der Waals surface area contributed by atoms with Gasteiger partial charge in [0.05, 0.1) is 0 Å². The Morgan fingerprint density at radius 2 is 1.41 bits per heavy atom. The van der Waals surface area contributed by atoms with Crippen molar-refractivity contribution in [2.75, 3.05) is 13.1 Å². The number of aromatic nitrogens is 1. The Hall–Kier alpha value is -2.97. The van der Waals surface area contributed by atoms with Gasteiger partial charge in [-0.05, 0) is 49.3 Å². The molecule has 0 spiro atoms. The minimum Gasteiger partial charge on any atom is -0.300 e. The number of hydrogen-bond donors (Lipinski definition) is 0. The van der Waals surface area contributed by atoms with E-state index in [-0.39, 0.29) is 0 Å². The van der Waals surface area contributed by atoms with Gasteiger partial charge in [0.1, 0.15) is 0 Å². The molecule has 0 radical (unpaired) electrons. The van der Waals surface area contributed by atoms with Gasteiger partial charge in [0.25, 0.3) is 0 Å². The Balaban J connectivity index is 1.85. The van der Waals surface area contributed by atoms with Crippen molar-refractivity contribution in [1.82, 2.24) is 4.90 Å². The van der Waals surface area contributed by atoms with Crippen LogP contribution in [-0.4, -0.2) is 18.0 Å². The summed E-state index contributed by atoms with van der Waals surface area (Å²) in [6, 6.07) is 30.7. The van der Waals surface area contributed by atoms with Crippen LogP contribution in [0.4, 0.5) is 0 Å². The van der Waals surface area contributed by atoms with Crippen molar-refractivity contribution < 1.29 is 4.57 Å². The normalized spacial score (nSPS) is 11.3. The van der Waals surface area contributed by atoms with E-state index in [9.17, 15) is 0 Å². The molecular formula is C27H29N2+. The number of rotatable bonds is 6. The highest BCUT2D eigenvalue weighted by Crippen LogP contribution is 2.25. The van der Waals surface area contributed by atoms with Crippen LogP contribution in [0.1, 0.15) is 25.0 Å². The fourth-order valence-electron chi connectivity index (χ4n) is 4.03. The minimum absolute atomic E-state index is 1.00. The second-order valence-corrected chi connectivity index (χ2v) is 7.56. The highest BCUT2D eigenvalue weighted by Gasteiger charge is 2.21. The number of para-hydroxylation sites is 2. The van der Waals surface area contributed by atoms with E-state index in [1.54, 1.807) is 0 Å². The summed E-state index contributed by atoms with van der Waals surface area (Å²) >= 11 is 0. The van der Waals surface area contributed by atoms with Crippen molar-refractivity contribution in [2.24, 2.45) is 0 Å². The van der Waals surface area contributed by atoms with Crippen LogP contribution in [0.15, 0.2) is 84.9 Å². The molecule has 0 amide bonds. The van der Waals surface area contributed by atoms with Crippen LogP contribution in [0.5, 0.6) is 0 Å². The molecule has 0 unspecified atom stereocenters. The molecule has 146 valence electrons. The number of hydrogen-bond acceptors (Lipinski definition) is 1. The van der Waals surface area contributed by atoms with Gasteiger partial charge in [-0.15, -0.1) is 0 Å². The van der Waals surface area contributed by atoms with E-state index in [1.807, 2.05) is 0 Å². The van der Waals surface area contributed by atoms with E-state index < -0.39 is 0 Å². The summed E-state index contributed by atoms with van der Waals surface area (Å²) in [5, 5.41) is 1.29. The molecule has 1 aromatic heterocycles. The second-order valence-electron chi connectivity index (χ2n) is 7.56. The van der Waals surface area contributed by atoms with Crippen molar-refractivity contribution in [3.63, 3.8) is 0 Å². The average molecular weight is 382 g/mol. The topological polar surface area (TPSA) is 7.12 Å². The number of fused-ring (bicyclic) bond motifs is 1. The largest absolute Gasteiger partial charge is 0.300 e. The summed E-state index contributed by atoms with van der Waals surface area (Å²) in [5.74, 6) is 0. The van der Waals surface area contributed by atoms with Gasteiger partial charge in [0.15, 0.2) is 0 Å². The van der Waals surface area contributed by atoms with Crippen LogP contribution in [-0.2, 0) is 6.54 Å². The summed E-state index contributed by atoms with van der Waals surface area (Å²) in [5.41, 5.74) is 7.55. The van der Waals surface area contributed by atoms with Crippen LogP contribution < -0.4 is 4.57 Å². The molecule has 4 rings (SSSR count). The third-order valence-corrected chi connectivity index (χ3v) is 5.73. The lowest BCUT2D eigenvalue weighted by Gasteiger charge is -2.18. The highest BCUT2D eigenvalue weighted by molar-refractivity contribution is 5.82. The fourth-order valence-corrected chi connectivity index (χ4v) is 4.03. The van der Waals surface area contributed by atoms with Crippen molar-refractivity contribution in [3.05, 3.63) is 96.1 Å². The number of pyridine rings is 1. The SMILES string of the molecule is CCN(CC)Cc1ccc(-c2cc(C)c3ccccc3[n+]2-c2ccccc2)cc1. The zero-order valence-electron chi connectivity index (χ0n) is 17.6. The van der Waals surface area contributed by atoms with Crippen LogP contribution in [0.3, 0.4) is 0 Å². The molecule has 4 aromatic rings. The van der Waals surface area contributed by atoms with Crippen molar-refractivity contribution in [1.29, 1.82) is 0 Å². The first-order valence-corrected chi connectivity index (χ1v) is 10.5. The predicted molar refractivity (Wildman–Crippen MR) is 122 cm³/mol. The van der Waals surface area contributed by atoms with Gasteiger partial charge in [0, 0.05) is 41.8 Å². The molecule has 0 atom stereocenters. The van der Waals surface area contributed by atoms with Crippen LogP contribution in [0.2, 0.25) is 0 Å². The van der Waals surface area contributed by atoms with Gasteiger partial charge in [-0.1, -0.05) is 56.3 Å². The van der Waals surface area contributed by atoms with Crippen LogP contribution >= 0.6 is 0 Å². The molecule has 2 nitrogen and oxygen atoms in total. The molecule has 1 heterocycles. The van der Waals surface area contributed by atoms with Crippen molar-refractivity contribution >= 4 is 10.9 Å². The molecule has 0 saturated carbocycles. The smallest absolute Gasteiger partial charge is 0.219 e. The molecule has 3 aromatic carbocycles. The standard InChI is InChI=1S/C27H29N2/c1-4-28(5-2)20-22-15-17-23(18-16-22)27-19-21(3)25-13-9-10-14-26(25)29(27)24-11-7-6-8-12-24/h6-19H,4-5,20H2,1-3H3/q+1. The van der Waals surface area contributed by atoms with Gasteiger partial charge in [-0.3, -0.25) is 4.90 Å². The third kappa shape index (κ3) is 3.94. The summed E-state index contributed by atoms with van der Waals surface area (Å²) in [7, 11) is 0. The zero-order chi connectivity index (χ0) is 20.2. The van der Waals surface area contributed by atoms with Crippen LogP contribution in [0.25, 0.3) is 27.8 Å². The van der Waals surface area contributed by atoms with E-state index in [1.165, 1.54) is 39.0 Å². The van der Waals surface area contributed by atoms with Gasteiger partial charge >= 0.3 is 0 Å². The van der Waals surface area contributed by atoms with E-state index >= 15 is 0 Å². The van der Waals surface area contributed by atoms with E-state index in [0.717, 1.165) is 19.6 Å². The molecular weight excluding hydrogens is 352 g/mol. The van der Waals surface area contributed by atoms with E-state index in [0.29, 0.717) is 0 Å². The van der Waals surface area contributed by atoms with Gasteiger partial charge < -0.3 is 0 Å². The Morgan fingerprint density at radius 1 is 0.759 bits per heavy atom. The molecule has 0 aliphatic heterocycles. The summed E-state index contributed by atoms with van der Waals surface area (Å²) < 4.78 is 2.38. The number of benzene rings is 3. The van der Waals surface area contributed by atoms with E-state index in [2.05, 4.69) is 115 Å². The Kier molecular flexibility index (Phi) is 5.73. The third-order valence-electron chi connectivity index (χ3n) is 5.73. The maximum atomic E-state index is 2.44. The minimum atomic E-state index is 1.00. The molecule has 29 heavy (non-hydrogen) atoms. The monoisotopic (exact) mass is 381 g/mol. The first-order valence-electron chi connectivity index (χ1n) is 10.5. The first kappa shape index (κ1) is 19.4. The van der Waals surface area contributed by atoms with Crippen LogP contribution in [0, 0.1) is 6.92 Å². The molecule has 0 bridgehead atoms. The van der Waals surface area contributed by atoms with Gasteiger partial charge in [-0.2, -0.15) is 4.57 Å². The average Bonchev–Trinajstić information content (AvgIpc) is 2.78. The second kappa shape index (κ2) is 8.59. The van der Waals surface area contributed by atoms with Gasteiger partial charge in [-0.25, -0.2) is 0 Å². The Bertz CT molecular complexity index is 1090. The highest BCUT2D eigenvalue weighted by atomic mass is 15.1. The molecule has 0 aliphatic rings. The summed E-state index contributed by atoms with van der Waals surface area (Å²) in [6.45, 7) is 9.81. The predicted octanol–water partition coefficient (Wildman–Crippen LogP) is 5.93. The lowest BCUT2D eigenvalue weighted by atomic mass is 10.0. The number of aryl methyl sites for hydroxylation is 1. The zero-order valence-corrected chi connectivity index (χ0v) is 17.6. The molecule has 0 N–H and O–H groups in total. The summed E-state index contributed by atoms with van der Waals surface area (Å²) in [6.07, 6.45) is 0. The lowest BCUT2D eigenvalue weighted by molar-refractivity contribution is -0.555. The van der Waals surface area contributed by atoms with Crippen molar-refractivity contribution in [3.8, 4) is 16.9 Å². The Labute approximate surface area is 174 Å². The number of nitrogens with zero attached hydrogens (tertiary/aromatic N) is 2. The molecule has 2 heteroatoms. The molecule has 0 saturated heterocycles. The van der Waals surface area contributed by atoms with Gasteiger partial charge in [0.2, 0.25) is 16.9 Å². The Morgan fingerprint density at radius 3 is 2.10 bits per heavy atom. The molecule has 0 fully saturated rings. The quantitative estimate of drug-likeness (QED) is 0.375. The van der Waals surface area contributed by atoms with E-state index in [4.69, 9.17) is 0 Å². The fraction of sp³-hybridized carbons (Fsp3) is 0.222. The first-order chi connectivity index (χ1) is 14.2. The molecule has 0 aliphatic carbocycles. The maximum Gasteiger partial charge on any atom is 0.219 e. The maximum absolute atomic E-state index is 2.44. The summed E-state index contributed by atoms with van der Waals surface area (Å²) in [4.78, 5) is 2.44. The lowest BCUT2D eigenvalue weighted by Crippen LogP contribution is -2.34.